The molecule has 0 aromatic heterocycles. The molecule has 8 nitrogen and oxygen atoms in total. The first kappa shape index (κ1) is 29.4. The molecule has 4 rings (SSSR count). The average molecular weight is 550 g/mol. The molecule has 0 spiro atoms. The predicted molar refractivity (Wildman–Crippen MR) is 155 cm³/mol. The number of carboxylic acids is 1. The van der Waals surface area contributed by atoms with Gasteiger partial charge in [-0.2, -0.15) is 0 Å². The molecule has 2 aliphatic carbocycles. The van der Waals surface area contributed by atoms with E-state index in [0.717, 1.165) is 43.6 Å². The number of amides is 3. The van der Waals surface area contributed by atoms with Crippen molar-refractivity contribution >= 4 is 23.6 Å². The Balaban J connectivity index is 1.41. The Labute approximate surface area is 237 Å². The minimum Gasteiger partial charge on any atom is -0.493 e. The van der Waals surface area contributed by atoms with Gasteiger partial charge in [-0.05, 0) is 104 Å². The van der Waals surface area contributed by atoms with Crippen molar-refractivity contribution in [2.45, 2.75) is 71.8 Å². The summed E-state index contributed by atoms with van der Waals surface area (Å²) in [5, 5.41) is 17.6. The fraction of sp³-hybridized carbons (Fsp3) is 0.531. The summed E-state index contributed by atoms with van der Waals surface area (Å²) in [6.07, 6.45) is 6.59. The molecule has 2 aliphatic rings. The number of carbonyl (C=O) groups excluding carboxylic acids is 2. The van der Waals surface area contributed by atoms with E-state index in [1.54, 1.807) is 12.1 Å². The van der Waals surface area contributed by atoms with Gasteiger partial charge in [0.05, 0.1) is 19.1 Å². The van der Waals surface area contributed by atoms with Crippen LogP contribution in [0.4, 0.5) is 10.5 Å². The number of carboxylic acid groups (broad SMARTS) is 1. The van der Waals surface area contributed by atoms with Crippen LogP contribution in [-0.4, -0.2) is 36.2 Å². The summed E-state index contributed by atoms with van der Waals surface area (Å²) in [6, 6.07) is 14.2. The van der Waals surface area contributed by atoms with Crippen LogP contribution in [0.15, 0.2) is 48.5 Å². The fourth-order valence-electron chi connectivity index (χ4n) is 5.46. The summed E-state index contributed by atoms with van der Waals surface area (Å²) in [5.41, 5.74) is 2.35. The van der Waals surface area contributed by atoms with E-state index in [1.165, 1.54) is 12.8 Å². The fourth-order valence-corrected chi connectivity index (χ4v) is 5.46. The lowest BCUT2D eigenvalue weighted by Gasteiger charge is -2.39. The Hall–Kier alpha value is -3.55. The third-order valence-electron chi connectivity index (χ3n) is 8.21. The van der Waals surface area contributed by atoms with E-state index in [1.807, 2.05) is 36.4 Å². The van der Waals surface area contributed by atoms with Crippen LogP contribution in [0, 0.1) is 23.2 Å². The number of rotatable bonds is 11. The van der Waals surface area contributed by atoms with E-state index in [2.05, 4.69) is 36.7 Å². The van der Waals surface area contributed by atoms with Gasteiger partial charge >= 0.3 is 12.0 Å². The van der Waals surface area contributed by atoms with Crippen LogP contribution in [0.2, 0.25) is 0 Å². The van der Waals surface area contributed by atoms with Crippen LogP contribution in [0.5, 0.6) is 5.75 Å². The van der Waals surface area contributed by atoms with Gasteiger partial charge < -0.3 is 25.8 Å². The number of hydrogen-bond donors (Lipinski definition) is 4. The normalized spacial score (nSPS) is 19.8. The molecule has 0 radical (unpaired) electrons. The smallest absolute Gasteiger partial charge is 0.319 e. The second-order valence-corrected chi connectivity index (χ2v) is 12.4. The molecule has 216 valence electrons. The highest BCUT2D eigenvalue weighted by atomic mass is 16.5. The molecule has 2 aromatic carbocycles. The van der Waals surface area contributed by atoms with Crippen molar-refractivity contribution in [1.82, 2.24) is 10.6 Å². The minimum absolute atomic E-state index is 0.0743. The van der Waals surface area contributed by atoms with Gasteiger partial charge in [0.15, 0.2) is 0 Å². The Morgan fingerprint density at radius 1 is 0.925 bits per heavy atom. The second-order valence-electron chi connectivity index (χ2n) is 12.4. The summed E-state index contributed by atoms with van der Waals surface area (Å²) >= 11 is 0. The Morgan fingerprint density at radius 3 is 2.15 bits per heavy atom. The van der Waals surface area contributed by atoms with Gasteiger partial charge in [-0.3, -0.25) is 9.59 Å². The number of urea groups is 1. The number of ether oxygens (including phenoxy) is 1. The minimum atomic E-state index is -0.957. The van der Waals surface area contributed by atoms with Crippen molar-refractivity contribution in [2.24, 2.45) is 23.2 Å². The van der Waals surface area contributed by atoms with Gasteiger partial charge in [-0.25, -0.2) is 4.79 Å². The van der Waals surface area contributed by atoms with Crippen LogP contribution < -0.4 is 20.7 Å². The highest BCUT2D eigenvalue weighted by Crippen LogP contribution is 2.43. The molecule has 3 amide bonds. The van der Waals surface area contributed by atoms with E-state index in [4.69, 9.17) is 9.84 Å². The predicted octanol–water partition coefficient (Wildman–Crippen LogP) is 6.40. The topological polar surface area (TPSA) is 117 Å². The first-order chi connectivity index (χ1) is 19.1. The summed E-state index contributed by atoms with van der Waals surface area (Å²) < 4.78 is 5.80. The van der Waals surface area contributed by atoms with Crippen LogP contribution in [0.3, 0.4) is 0 Å². The van der Waals surface area contributed by atoms with Crippen molar-refractivity contribution in [2.75, 3.05) is 18.5 Å². The first-order valence-corrected chi connectivity index (χ1v) is 14.5. The zero-order chi connectivity index (χ0) is 28.7. The Morgan fingerprint density at radius 2 is 1.57 bits per heavy atom. The van der Waals surface area contributed by atoms with Crippen LogP contribution in [0.1, 0.15) is 87.7 Å². The maximum Gasteiger partial charge on any atom is 0.319 e. The quantitative estimate of drug-likeness (QED) is 0.259. The van der Waals surface area contributed by atoms with Crippen molar-refractivity contribution in [3.8, 4) is 5.75 Å². The molecule has 2 saturated carbocycles. The summed E-state index contributed by atoms with van der Waals surface area (Å²) in [7, 11) is 0. The Kier molecular flexibility index (Phi) is 9.71. The lowest BCUT2D eigenvalue weighted by molar-refractivity contribution is -0.136. The number of benzene rings is 2. The van der Waals surface area contributed by atoms with Crippen LogP contribution >= 0.6 is 0 Å². The molecule has 8 heteroatoms. The summed E-state index contributed by atoms with van der Waals surface area (Å²) in [4.78, 5) is 36.3. The first-order valence-electron chi connectivity index (χ1n) is 14.5. The lowest BCUT2D eigenvalue weighted by atomic mass is 9.68. The molecule has 0 heterocycles. The lowest BCUT2D eigenvalue weighted by Crippen LogP contribution is -2.38. The Bertz CT molecular complexity index is 1140. The summed E-state index contributed by atoms with van der Waals surface area (Å²) in [5.74, 6) is 1.14. The molecule has 40 heavy (non-hydrogen) atoms. The average Bonchev–Trinajstić information content (AvgIpc) is 3.75. The van der Waals surface area contributed by atoms with Gasteiger partial charge in [0, 0.05) is 17.8 Å². The van der Waals surface area contributed by atoms with Crippen molar-refractivity contribution in [3.05, 3.63) is 59.7 Å². The molecule has 1 unspecified atom stereocenters. The van der Waals surface area contributed by atoms with Gasteiger partial charge in [-0.1, -0.05) is 32.9 Å². The van der Waals surface area contributed by atoms with Gasteiger partial charge in [0.25, 0.3) is 5.91 Å². The summed E-state index contributed by atoms with van der Waals surface area (Å²) in [6.45, 7) is 7.71. The number of nitrogens with one attached hydrogen (secondary N) is 3. The van der Waals surface area contributed by atoms with E-state index in [-0.39, 0.29) is 42.3 Å². The molecule has 0 saturated heterocycles. The number of anilines is 1. The van der Waals surface area contributed by atoms with Gasteiger partial charge in [0.1, 0.15) is 5.75 Å². The van der Waals surface area contributed by atoms with E-state index >= 15 is 0 Å². The molecule has 2 fully saturated rings. The zero-order valence-corrected chi connectivity index (χ0v) is 23.9. The third-order valence-corrected chi connectivity index (χ3v) is 8.21. The second kappa shape index (κ2) is 13.2. The largest absolute Gasteiger partial charge is 0.493 e. The van der Waals surface area contributed by atoms with Crippen molar-refractivity contribution in [1.29, 1.82) is 0 Å². The van der Waals surface area contributed by atoms with Crippen LogP contribution in [-0.2, 0) is 4.79 Å². The van der Waals surface area contributed by atoms with E-state index in [9.17, 15) is 14.4 Å². The third kappa shape index (κ3) is 8.73. The maximum atomic E-state index is 13.2. The molecule has 0 bridgehead atoms. The van der Waals surface area contributed by atoms with E-state index in [0.29, 0.717) is 23.1 Å². The SMILES string of the molecule is CC(C)(C)C1CCC(C(NC(=O)Nc2ccc(OCC3CC3)cc2)c2ccc(C(=O)NCCC(=O)O)cc2)CC1. The van der Waals surface area contributed by atoms with Crippen molar-refractivity contribution in [3.63, 3.8) is 0 Å². The number of carbonyl (C=O) groups is 3. The van der Waals surface area contributed by atoms with Crippen molar-refractivity contribution < 1.29 is 24.2 Å². The number of aliphatic carboxylic acids is 1. The van der Waals surface area contributed by atoms with Gasteiger partial charge in [-0.15, -0.1) is 0 Å². The zero-order valence-electron chi connectivity index (χ0n) is 23.9. The standard InChI is InChI=1S/C32H43N3O5/c1-32(2,3)25-12-10-23(11-13-25)29(22-6-8-24(9-7-22)30(38)33-19-18-28(36)37)35-31(39)34-26-14-16-27(17-15-26)40-20-21-4-5-21/h6-9,14-17,21,23,25,29H,4-5,10-13,18-20H2,1-3H3,(H,33,38)(H,36,37)(H2,34,35,39). The molecule has 4 N–H and O–H groups in total. The highest BCUT2D eigenvalue weighted by molar-refractivity contribution is 5.94. The molecule has 0 aliphatic heterocycles. The maximum absolute atomic E-state index is 13.2. The molecule has 2 aromatic rings. The monoisotopic (exact) mass is 549 g/mol. The molecule has 1 atom stereocenters. The number of hydrogen-bond acceptors (Lipinski definition) is 4. The molecular formula is C32H43N3O5. The van der Waals surface area contributed by atoms with Gasteiger partial charge in [0.2, 0.25) is 0 Å². The highest BCUT2D eigenvalue weighted by Gasteiger charge is 2.34. The van der Waals surface area contributed by atoms with Crippen LogP contribution in [0.25, 0.3) is 0 Å². The van der Waals surface area contributed by atoms with E-state index < -0.39 is 5.97 Å². The molecular weight excluding hydrogens is 506 g/mol.